The predicted octanol–water partition coefficient (Wildman–Crippen LogP) is 2.02. The first-order valence-corrected chi connectivity index (χ1v) is 15.4. The first-order chi connectivity index (χ1) is 18.6. The van der Waals surface area contributed by atoms with E-state index in [9.17, 15) is 18.0 Å². The van der Waals surface area contributed by atoms with Gasteiger partial charge >= 0.3 is 6.09 Å². The van der Waals surface area contributed by atoms with Gasteiger partial charge < -0.3 is 19.7 Å². The molecule has 0 radical (unpaired) electrons. The topological polar surface area (TPSA) is 138 Å². The van der Waals surface area contributed by atoms with Crippen molar-refractivity contribution in [3.8, 4) is 5.75 Å². The lowest BCUT2D eigenvalue weighted by Gasteiger charge is -2.31. The summed E-state index contributed by atoms with van der Waals surface area (Å²) in [6.07, 6.45) is 4.37. The minimum Gasteiger partial charge on any atom is -0.493 e. The number of ether oxygens (including phenoxy) is 2. The van der Waals surface area contributed by atoms with Gasteiger partial charge in [0.2, 0.25) is 21.9 Å². The Morgan fingerprint density at radius 1 is 1.23 bits per heavy atom. The van der Waals surface area contributed by atoms with Crippen molar-refractivity contribution in [2.45, 2.75) is 75.4 Å². The molecular weight excluding hydrogens is 522 g/mol. The minimum absolute atomic E-state index is 0.0634. The van der Waals surface area contributed by atoms with Gasteiger partial charge in [0.15, 0.2) is 0 Å². The van der Waals surface area contributed by atoms with Crippen molar-refractivity contribution in [2.75, 3.05) is 26.8 Å². The third-order valence-electron chi connectivity index (χ3n) is 8.57. The lowest BCUT2D eigenvalue weighted by molar-refractivity contribution is -0.134. The summed E-state index contributed by atoms with van der Waals surface area (Å²) in [5.41, 5.74) is 1.00. The molecule has 6 atom stereocenters. The highest BCUT2D eigenvalue weighted by Crippen LogP contribution is 2.45. The number of fused-ring (bicyclic) bond motifs is 1. The van der Waals surface area contributed by atoms with Crippen LogP contribution in [-0.2, 0) is 26.0 Å². The first-order valence-electron chi connectivity index (χ1n) is 13.9. The number of hydrogen-bond acceptors (Lipinski definition) is 8. The van der Waals surface area contributed by atoms with Gasteiger partial charge in [0.25, 0.3) is 0 Å². The summed E-state index contributed by atoms with van der Waals surface area (Å²) in [7, 11) is -2.55. The van der Waals surface area contributed by atoms with Crippen LogP contribution in [0.2, 0.25) is 0 Å². The highest BCUT2D eigenvalue weighted by atomic mass is 32.2. The van der Waals surface area contributed by atoms with E-state index in [2.05, 4.69) is 38.9 Å². The van der Waals surface area contributed by atoms with Crippen LogP contribution in [0.1, 0.15) is 51.5 Å². The van der Waals surface area contributed by atoms with Crippen molar-refractivity contribution in [3.05, 3.63) is 23.8 Å². The molecule has 3 heterocycles. The normalized spacial score (nSPS) is 30.4. The first kappa shape index (κ1) is 27.7. The Morgan fingerprint density at radius 3 is 2.82 bits per heavy atom. The summed E-state index contributed by atoms with van der Waals surface area (Å²) in [5, 5.41) is 5.83. The molecular formula is C27H39N5O6S. The zero-order valence-corrected chi connectivity index (χ0v) is 23.6. The maximum Gasteiger partial charge on any atom is 0.413 e. The number of rotatable bonds is 7. The number of carbonyl (C=O) groups excluding carboxylic acids is 2. The summed E-state index contributed by atoms with van der Waals surface area (Å²) in [6, 6.07) is 4.38. The number of amides is 2. The monoisotopic (exact) mass is 561 g/mol. The van der Waals surface area contributed by atoms with E-state index in [1.165, 1.54) is 7.11 Å². The molecule has 0 spiro atoms. The van der Waals surface area contributed by atoms with Crippen molar-refractivity contribution < 1.29 is 27.5 Å². The highest BCUT2D eigenvalue weighted by molar-refractivity contribution is 7.89. The molecule has 214 valence electrons. The van der Waals surface area contributed by atoms with Crippen molar-refractivity contribution in [1.82, 2.24) is 20.3 Å². The Bertz CT molecular complexity index is 1240. The molecule has 12 heteroatoms. The van der Waals surface area contributed by atoms with Crippen LogP contribution in [0.5, 0.6) is 5.75 Å². The molecule has 3 aliphatic heterocycles. The maximum atomic E-state index is 13.6. The van der Waals surface area contributed by atoms with Crippen LogP contribution in [0.4, 0.5) is 4.79 Å². The molecule has 6 unspecified atom stereocenters. The number of sulfonamides is 1. The zero-order chi connectivity index (χ0) is 27.7. The molecule has 11 nitrogen and oxygen atoms in total. The Morgan fingerprint density at radius 2 is 2.05 bits per heavy atom. The molecule has 2 amide bonds. The number of methoxy groups -OCH3 is 1. The number of nitrogens with zero attached hydrogens (tertiary/aromatic N) is 2. The smallest absolute Gasteiger partial charge is 0.413 e. The second-order valence-electron chi connectivity index (χ2n) is 11.3. The molecule has 0 aromatic heterocycles. The summed E-state index contributed by atoms with van der Waals surface area (Å²) in [4.78, 5) is 31.5. The number of aliphatic imine (C=N–C) groups is 1. The number of carbonyl (C=O) groups is 2. The van der Waals surface area contributed by atoms with Gasteiger partial charge in [-0.05, 0) is 75.3 Å². The molecule has 2 fully saturated rings. The van der Waals surface area contributed by atoms with Gasteiger partial charge in [-0.25, -0.2) is 13.2 Å². The molecule has 1 aromatic rings. The van der Waals surface area contributed by atoms with Crippen LogP contribution in [0.3, 0.4) is 0 Å². The van der Waals surface area contributed by atoms with Crippen LogP contribution in [0, 0.1) is 17.8 Å². The predicted molar refractivity (Wildman–Crippen MR) is 145 cm³/mol. The summed E-state index contributed by atoms with van der Waals surface area (Å²) in [6.45, 7) is 5.96. The molecule has 1 aliphatic carbocycles. The number of nitrogens with one attached hydrogen (secondary N) is 3. The van der Waals surface area contributed by atoms with Crippen molar-refractivity contribution in [1.29, 1.82) is 0 Å². The van der Waals surface area contributed by atoms with Gasteiger partial charge in [-0.2, -0.15) is 4.72 Å². The second-order valence-corrected chi connectivity index (χ2v) is 13.0. The van der Waals surface area contributed by atoms with E-state index in [-0.39, 0.29) is 22.9 Å². The van der Waals surface area contributed by atoms with E-state index < -0.39 is 22.2 Å². The van der Waals surface area contributed by atoms with Gasteiger partial charge in [-0.3, -0.25) is 15.1 Å². The van der Waals surface area contributed by atoms with Gasteiger partial charge in [-0.15, -0.1) is 0 Å². The fraction of sp³-hybridized carbons (Fsp3) is 0.667. The van der Waals surface area contributed by atoms with Crippen LogP contribution < -0.4 is 20.1 Å². The summed E-state index contributed by atoms with van der Waals surface area (Å²) < 4.78 is 39.3. The van der Waals surface area contributed by atoms with Crippen LogP contribution in [0.15, 0.2) is 28.1 Å². The number of benzene rings is 1. The average molecular weight is 562 g/mol. The molecule has 5 rings (SSSR count). The van der Waals surface area contributed by atoms with Crippen molar-refractivity contribution in [3.63, 3.8) is 0 Å². The molecule has 1 aromatic carbocycles. The molecule has 3 N–H and O–H groups in total. The van der Waals surface area contributed by atoms with E-state index >= 15 is 0 Å². The van der Waals surface area contributed by atoms with Gasteiger partial charge in [0, 0.05) is 37.7 Å². The number of likely N-dealkylation sites (tertiary alicyclic amines) is 1. The van der Waals surface area contributed by atoms with Crippen LogP contribution in [-0.4, -0.2) is 76.2 Å². The van der Waals surface area contributed by atoms with Crippen LogP contribution >= 0.6 is 0 Å². The van der Waals surface area contributed by atoms with Crippen molar-refractivity contribution >= 4 is 28.0 Å². The van der Waals surface area contributed by atoms with E-state index in [1.807, 2.05) is 4.90 Å². The molecule has 0 bridgehead atoms. The fourth-order valence-corrected chi connectivity index (χ4v) is 7.21. The standard InChI is InChI=1S/C27H39N5O6S/c1-16-5-4-6-23(31-39(35,36)22-8-7-18-9-10-38-24(18)13-22)25(33)32(16)15-21-12-19(21)11-20-14-28-26(29-17(20)2)30-27(34)37-3/h7-8,13,16-17,19-21,23,31H,4-6,9-12,14-15H2,1-3H3,(H2,28,29,30,34). The van der Waals surface area contributed by atoms with E-state index in [4.69, 9.17) is 4.74 Å². The Balaban J connectivity index is 1.18. The Hall–Kier alpha value is -2.86. The third kappa shape index (κ3) is 6.32. The Labute approximate surface area is 230 Å². The summed E-state index contributed by atoms with van der Waals surface area (Å²) >= 11 is 0. The second kappa shape index (κ2) is 11.3. The summed E-state index contributed by atoms with van der Waals surface area (Å²) in [5.74, 6) is 2.12. The molecule has 4 aliphatic rings. The lowest BCUT2D eigenvalue weighted by atomic mass is 9.93. The van der Waals surface area contributed by atoms with E-state index in [0.717, 1.165) is 37.7 Å². The van der Waals surface area contributed by atoms with Gasteiger partial charge in [0.1, 0.15) is 11.8 Å². The largest absolute Gasteiger partial charge is 0.493 e. The third-order valence-corrected chi connectivity index (χ3v) is 10.0. The number of hydrogen-bond donors (Lipinski definition) is 3. The van der Waals surface area contributed by atoms with E-state index in [0.29, 0.717) is 55.6 Å². The highest BCUT2D eigenvalue weighted by Gasteiger charge is 2.44. The number of alkyl carbamates (subject to hydrolysis) is 1. The quantitative estimate of drug-likeness (QED) is 0.463. The van der Waals surface area contributed by atoms with E-state index in [1.54, 1.807) is 18.2 Å². The van der Waals surface area contributed by atoms with Crippen LogP contribution in [0.25, 0.3) is 0 Å². The lowest BCUT2D eigenvalue weighted by Crippen LogP contribution is -2.51. The number of guanidine groups is 1. The zero-order valence-electron chi connectivity index (χ0n) is 22.8. The van der Waals surface area contributed by atoms with Crippen molar-refractivity contribution in [2.24, 2.45) is 22.7 Å². The molecule has 39 heavy (non-hydrogen) atoms. The maximum absolute atomic E-state index is 13.6. The fourth-order valence-electron chi connectivity index (χ4n) is 5.97. The molecule has 1 saturated heterocycles. The molecule has 1 saturated carbocycles. The van der Waals surface area contributed by atoms with Gasteiger partial charge in [0.05, 0.1) is 18.6 Å². The Kier molecular flexibility index (Phi) is 8.04. The SMILES string of the molecule is COC(=O)NC1=NCC(CC2CC2CN2C(=O)C(NS(=O)(=O)c3ccc4c(c3)OCC4)CCCC2C)C(C)N1. The minimum atomic E-state index is -3.87. The van der Waals surface area contributed by atoms with Gasteiger partial charge in [-0.1, -0.05) is 6.07 Å². The average Bonchev–Trinajstić information content (AvgIpc) is 3.49.